The zero-order valence-corrected chi connectivity index (χ0v) is 30.2. The smallest absolute Gasteiger partial charge is 0.408 e. The molecule has 2 heterocycles. The summed E-state index contributed by atoms with van der Waals surface area (Å²) in [5.41, 5.74) is -7.33. The van der Waals surface area contributed by atoms with E-state index >= 15 is 0 Å². The molecule has 1 saturated heterocycles. The van der Waals surface area contributed by atoms with Gasteiger partial charge < -0.3 is 49.8 Å². The van der Waals surface area contributed by atoms with E-state index < -0.39 is 101 Å². The number of ketones is 1. The number of hydrogen-bond acceptors (Lipinski definition) is 14. The van der Waals surface area contributed by atoms with E-state index in [-0.39, 0.29) is 30.3 Å². The lowest BCUT2D eigenvalue weighted by atomic mass is 9.45. The van der Waals surface area contributed by atoms with Crippen LogP contribution in [-0.2, 0) is 33.3 Å². The van der Waals surface area contributed by atoms with Crippen LogP contribution in [-0.4, -0.2) is 110 Å². The highest BCUT2D eigenvalue weighted by Crippen LogP contribution is 2.63. The summed E-state index contributed by atoms with van der Waals surface area (Å²) in [5, 5.41) is 63.7. The number of fused-ring (bicyclic) bond motifs is 5. The maximum absolute atomic E-state index is 14.4. The summed E-state index contributed by atoms with van der Waals surface area (Å²) in [7, 11) is 0. The van der Waals surface area contributed by atoms with Crippen molar-refractivity contribution in [1.29, 1.82) is 0 Å². The van der Waals surface area contributed by atoms with Crippen molar-refractivity contribution in [2.24, 2.45) is 16.7 Å². The number of carbonyl (C=O) groups excluding carboxylic acids is 4. The Balaban J connectivity index is 1.56. The van der Waals surface area contributed by atoms with E-state index in [1.54, 1.807) is 31.4 Å². The first-order valence-electron chi connectivity index (χ1n) is 17.0. The quantitative estimate of drug-likeness (QED) is 0.122. The molecule has 1 aromatic heterocycles. The van der Waals surface area contributed by atoms with Crippen molar-refractivity contribution < 1.29 is 63.7 Å². The van der Waals surface area contributed by atoms with Crippen molar-refractivity contribution in [2.75, 3.05) is 6.61 Å². The van der Waals surface area contributed by atoms with Gasteiger partial charge in [0.2, 0.25) is 0 Å². The molecule has 0 spiro atoms. The summed E-state index contributed by atoms with van der Waals surface area (Å²) in [6.45, 7) is 10.5. The molecule has 2 saturated carbocycles. The first kappa shape index (κ1) is 38.3. The second-order valence-corrected chi connectivity index (χ2v) is 15.8. The summed E-state index contributed by atoms with van der Waals surface area (Å²) in [4.78, 5) is 54.1. The second-order valence-electron chi connectivity index (χ2n) is 14.8. The number of rotatable bonds is 9. The molecular formula is C35H49NO13S. The fourth-order valence-electron chi connectivity index (χ4n) is 8.69. The van der Waals surface area contributed by atoms with Gasteiger partial charge in [0, 0.05) is 36.0 Å². The molecule has 0 radical (unpaired) electrons. The van der Waals surface area contributed by atoms with E-state index in [1.165, 1.54) is 25.2 Å². The van der Waals surface area contributed by atoms with Crippen LogP contribution in [0.1, 0.15) is 85.1 Å². The van der Waals surface area contributed by atoms with Crippen molar-refractivity contribution in [3.05, 3.63) is 33.5 Å². The minimum Gasteiger partial charge on any atom is -0.459 e. The SMILES string of the molecule is CCC(CC)OC(=O)N[C@@H](c1cccs1)[C@@H](O)C(=O)O[C@H]1C[C@@]2(O)[C@@H](OC(C)=O)[C@@H]3[C@]4(O)CO[C@@H]4C[C@H](O)[C@@]3(C)C(=O)[C@H](O)C(=C1C)C2(C)C. The molecule has 50 heavy (non-hydrogen) atoms. The van der Waals surface area contributed by atoms with Crippen molar-refractivity contribution in [3.63, 3.8) is 0 Å². The van der Waals surface area contributed by atoms with Gasteiger partial charge in [-0.25, -0.2) is 9.59 Å². The first-order chi connectivity index (χ1) is 23.3. The number of ether oxygens (including phenoxy) is 4. The summed E-state index contributed by atoms with van der Waals surface area (Å²) in [5.74, 6) is -4.37. The van der Waals surface area contributed by atoms with Crippen LogP contribution in [0.25, 0.3) is 0 Å². The van der Waals surface area contributed by atoms with Gasteiger partial charge in [-0.05, 0) is 49.3 Å². The third-order valence-corrected chi connectivity index (χ3v) is 12.7. The van der Waals surface area contributed by atoms with Crippen molar-refractivity contribution in [3.8, 4) is 0 Å². The van der Waals surface area contributed by atoms with E-state index in [0.717, 1.165) is 6.92 Å². The van der Waals surface area contributed by atoms with E-state index in [9.17, 15) is 44.7 Å². The molecule has 1 amide bonds. The second kappa shape index (κ2) is 13.6. The van der Waals surface area contributed by atoms with E-state index in [0.29, 0.717) is 17.7 Å². The van der Waals surface area contributed by atoms with Crippen LogP contribution < -0.4 is 5.32 Å². The highest BCUT2D eigenvalue weighted by Gasteiger charge is 2.76. The molecule has 0 aromatic carbocycles. The van der Waals surface area contributed by atoms with Crippen LogP contribution in [0.15, 0.2) is 28.7 Å². The zero-order valence-electron chi connectivity index (χ0n) is 29.4. The fourth-order valence-corrected chi connectivity index (χ4v) is 9.49. The number of aliphatic hydroxyl groups is 5. The molecule has 278 valence electrons. The summed E-state index contributed by atoms with van der Waals surface area (Å²) in [6.07, 6.45) is -10.1. The third-order valence-electron chi connectivity index (χ3n) is 11.8. The molecule has 6 N–H and O–H groups in total. The number of hydrogen-bond donors (Lipinski definition) is 6. The molecular weight excluding hydrogens is 674 g/mol. The Hall–Kier alpha value is -2.92. The van der Waals surface area contributed by atoms with Gasteiger partial charge in [-0.2, -0.15) is 0 Å². The van der Waals surface area contributed by atoms with Crippen molar-refractivity contribution in [1.82, 2.24) is 5.32 Å². The van der Waals surface area contributed by atoms with Crippen LogP contribution in [0.5, 0.6) is 0 Å². The number of alkyl carbamates (subject to hydrolysis) is 1. The summed E-state index contributed by atoms with van der Waals surface area (Å²) >= 11 is 1.17. The average molecular weight is 724 g/mol. The molecule has 11 atom stereocenters. The van der Waals surface area contributed by atoms with Gasteiger partial charge in [0.1, 0.15) is 41.7 Å². The predicted molar refractivity (Wildman–Crippen MR) is 176 cm³/mol. The molecule has 1 aromatic rings. The Labute approximate surface area is 294 Å². The van der Waals surface area contributed by atoms with Gasteiger partial charge in [0.05, 0.1) is 24.2 Å². The molecule has 3 fully saturated rings. The Bertz CT molecular complexity index is 1520. The van der Waals surface area contributed by atoms with Gasteiger partial charge in [-0.3, -0.25) is 9.59 Å². The molecule has 3 aliphatic carbocycles. The lowest BCUT2D eigenvalue weighted by Gasteiger charge is -2.66. The number of carbonyl (C=O) groups is 4. The van der Waals surface area contributed by atoms with Gasteiger partial charge in [0.25, 0.3) is 0 Å². The number of aliphatic hydroxyl groups excluding tert-OH is 3. The standard InChI is InChI=1S/C35H49NO13S/c1-8-18(9-2)48-31(43)36-24(20-11-10-12-50-20)26(40)30(42)49-19-14-35(45)29(47-17(4)37)27-33(7,21(38)13-22-34(27,44)15-46-22)28(41)25(39)23(16(19)3)32(35,5)6/h10-12,18-19,21-22,24-27,29,38-40,44-45H,8-9,13-15H2,1-7H3,(H,36,43)/t19-,21-,22+,24-,25+,26+,27-,29-,33+,34-,35+/m0/s1. The van der Waals surface area contributed by atoms with Crippen LogP contribution in [0.4, 0.5) is 4.79 Å². The minimum absolute atomic E-state index is 0.0202. The topological polar surface area (TPSA) is 218 Å². The van der Waals surface area contributed by atoms with E-state index in [4.69, 9.17) is 18.9 Å². The molecule has 2 bridgehead atoms. The zero-order chi connectivity index (χ0) is 37.1. The monoisotopic (exact) mass is 723 g/mol. The molecule has 14 nitrogen and oxygen atoms in total. The Morgan fingerprint density at radius 3 is 2.32 bits per heavy atom. The van der Waals surface area contributed by atoms with Gasteiger partial charge in [-0.1, -0.05) is 33.8 Å². The van der Waals surface area contributed by atoms with E-state index in [2.05, 4.69) is 5.32 Å². The average Bonchev–Trinajstić information content (AvgIpc) is 3.59. The molecule has 5 rings (SSSR count). The number of esters is 2. The van der Waals surface area contributed by atoms with Crippen LogP contribution in [0.2, 0.25) is 0 Å². The third kappa shape index (κ3) is 5.88. The van der Waals surface area contributed by atoms with Crippen LogP contribution in [0, 0.1) is 16.7 Å². The lowest BCUT2D eigenvalue weighted by Crippen LogP contribution is -2.81. The molecule has 4 aliphatic rings. The predicted octanol–water partition coefficient (Wildman–Crippen LogP) is 1.85. The Morgan fingerprint density at radius 1 is 1.12 bits per heavy atom. The molecule has 1 aliphatic heterocycles. The largest absolute Gasteiger partial charge is 0.459 e. The summed E-state index contributed by atoms with van der Waals surface area (Å²) in [6, 6.07) is 2.01. The summed E-state index contributed by atoms with van der Waals surface area (Å²) < 4.78 is 22.7. The number of amides is 1. The number of Topliss-reactive ketones (excluding diaryl/α,β-unsaturated/α-hetero) is 1. The first-order valence-corrected chi connectivity index (χ1v) is 17.9. The minimum atomic E-state index is -2.23. The maximum Gasteiger partial charge on any atom is 0.408 e. The van der Waals surface area contributed by atoms with Crippen LogP contribution in [0.3, 0.4) is 0 Å². The maximum atomic E-state index is 14.4. The molecule has 0 unspecified atom stereocenters. The van der Waals surface area contributed by atoms with Gasteiger partial charge >= 0.3 is 18.0 Å². The van der Waals surface area contributed by atoms with Gasteiger partial charge in [0.15, 0.2) is 11.9 Å². The highest BCUT2D eigenvalue weighted by molar-refractivity contribution is 7.10. The van der Waals surface area contributed by atoms with Crippen molar-refractivity contribution in [2.45, 2.75) is 134 Å². The lowest BCUT2D eigenvalue weighted by molar-refractivity contribution is -0.345. The number of thiophene rings is 1. The Kier molecular flexibility index (Phi) is 10.4. The molecule has 15 heteroatoms. The van der Waals surface area contributed by atoms with E-state index in [1.807, 2.05) is 13.8 Å². The normalized spacial score (nSPS) is 37.3. The van der Waals surface area contributed by atoms with Crippen molar-refractivity contribution >= 4 is 35.2 Å². The van der Waals surface area contributed by atoms with Gasteiger partial charge in [-0.15, -0.1) is 11.3 Å². The fraction of sp³-hybridized carbons (Fsp3) is 0.714. The highest BCUT2D eigenvalue weighted by atomic mass is 32.1. The van der Waals surface area contributed by atoms with Crippen LogP contribution >= 0.6 is 11.3 Å². The Morgan fingerprint density at radius 2 is 1.78 bits per heavy atom. The number of nitrogens with one attached hydrogen (secondary N) is 1.